The monoisotopic (exact) mass is 366 g/mol. The lowest BCUT2D eigenvalue weighted by atomic mass is 9.96. The molecular weight excluding hydrogens is 340 g/mol. The number of piperidine rings is 1. The number of rotatable bonds is 5. The number of hydrogen-bond acceptors (Lipinski definition) is 3. The molecule has 2 N–H and O–H groups in total. The maximum Gasteiger partial charge on any atom is 0.271 e. The van der Waals surface area contributed by atoms with Gasteiger partial charge in [0, 0.05) is 25.2 Å². The van der Waals surface area contributed by atoms with Crippen molar-refractivity contribution in [3.63, 3.8) is 0 Å². The third-order valence-electron chi connectivity index (χ3n) is 5.50. The zero-order valence-corrected chi connectivity index (χ0v) is 15.7. The molecule has 142 valence electrons. The van der Waals surface area contributed by atoms with Crippen LogP contribution in [-0.2, 0) is 4.79 Å². The lowest BCUT2D eigenvalue weighted by Gasteiger charge is -2.31. The summed E-state index contributed by atoms with van der Waals surface area (Å²) in [7, 11) is 0. The number of aryl methyl sites for hydroxylation is 1. The predicted molar refractivity (Wildman–Crippen MR) is 103 cm³/mol. The molecule has 2 heterocycles. The van der Waals surface area contributed by atoms with Crippen LogP contribution in [0, 0.1) is 18.8 Å². The normalized spacial score (nSPS) is 19.7. The molecule has 1 aliphatic carbocycles. The number of hydrogen-bond donors (Lipinski definition) is 2. The van der Waals surface area contributed by atoms with Gasteiger partial charge in [0.1, 0.15) is 5.69 Å². The second-order valence-electron chi connectivity index (χ2n) is 7.81. The number of H-pyrrole nitrogens is 1. The molecule has 27 heavy (non-hydrogen) atoms. The fraction of sp³-hybridized carbons (Fsp3) is 0.476. The van der Waals surface area contributed by atoms with Gasteiger partial charge in [0.2, 0.25) is 5.91 Å². The van der Waals surface area contributed by atoms with Crippen LogP contribution in [0.4, 0.5) is 0 Å². The minimum absolute atomic E-state index is 0.0828. The molecule has 2 fully saturated rings. The molecule has 6 heteroatoms. The Morgan fingerprint density at radius 3 is 2.74 bits per heavy atom. The Kier molecular flexibility index (Phi) is 4.97. The number of aromatic amines is 1. The van der Waals surface area contributed by atoms with Crippen molar-refractivity contribution < 1.29 is 9.59 Å². The lowest BCUT2D eigenvalue weighted by Crippen LogP contribution is -2.45. The number of nitrogens with zero attached hydrogens (tertiary/aromatic N) is 2. The first kappa shape index (κ1) is 17.8. The van der Waals surface area contributed by atoms with Crippen molar-refractivity contribution in [3.05, 3.63) is 41.6 Å². The number of carbonyl (C=O) groups excluding carboxylic acids is 2. The van der Waals surface area contributed by atoms with Crippen LogP contribution >= 0.6 is 0 Å². The van der Waals surface area contributed by atoms with Gasteiger partial charge in [-0.2, -0.15) is 5.10 Å². The van der Waals surface area contributed by atoms with Crippen molar-refractivity contribution in [1.29, 1.82) is 0 Å². The van der Waals surface area contributed by atoms with Gasteiger partial charge in [-0.3, -0.25) is 14.7 Å². The first-order chi connectivity index (χ1) is 13.1. The zero-order valence-electron chi connectivity index (χ0n) is 15.7. The molecule has 2 aliphatic rings. The van der Waals surface area contributed by atoms with Crippen LogP contribution in [0.3, 0.4) is 0 Å². The van der Waals surface area contributed by atoms with Gasteiger partial charge in [0.15, 0.2) is 0 Å². The van der Waals surface area contributed by atoms with E-state index < -0.39 is 0 Å². The molecule has 1 aromatic heterocycles. The molecule has 1 unspecified atom stereocenters. The average Bonchev–Trinajstić information content (AvgIpc) is 3.40. The summed E-state index contributed by atoms with van der Waals surface area (Å²) in [6.07, 6.45) is 4.14. The van der Waals surface area contributed by atoms with E-state index in [9.17, 15) is 9.59 Å². The molecule has 0 spiro atoms. The van der Waals surface area contributed by atoms with Crippen molar-refractivity contribution in [2.24, 2.45) is 11.8 Å². The highest BCUT2D eigenvalue weighted by molar-refractivity contribution is 5.94. The summed E-state index contributed by atoms with van der Waals surface area (Å²) in [5, 5.41) is 10.2. The van der Waals surface area contributed by atoms with Gasteiger partial charge in [-0.05, 0) is 44.6 Å². The summed E-state index contributed by atoms with van der Waals surface area (Å²) < 4.78 is 0. The topological polar surface area (TPSA) is 78.1 Å². The van der Waals surface area contributed by atoms with Gasteiger partial charge in [-0.15, -0.1) is 0 Å². The Balaban J connectivity index is 1.39. The van der Waals surface area contributed by atoms with E-state index in [0.29, 0.717) is 24.7 Å². The number of amides is 2. The molecule has 1 aromatic carbocycles. The second-order valence-corrected chi connectivity index (χ2v) is 7.81. The van der Waals surface area contributed by atoms with Gasteiger partial charge in [0.25, 0.3) is 5.91 Å². The fourth-order valence-electron chi connectivity index (χ4n) is 3.56. The molecule has 1 saturated heterocycles. The van der Waals surface area contributed by atoms with E-state index in [1.165, 1.54) is 18.4 Å². The van der Waals surface area contributed by atoms with Gasteiger partial charge < -0.3 is 10.2 Å². The molecular formula is C21H26N4O2. The molecule has 1 atom stereocenters. The summed E-state index contributed by atoms with van der Waals surface area (Å²) in [6.45, 7) is 3.99. The lowest BCUT2D eigenvalue weighted by molar-refractivity contribution is -0.126. The predicted octanol–water partition coefficient (Wildman–Crippen LogP) is 2.76. The number of nitrogens with one attached hydrogen (secondary N) is 2. The molecule has 4 rings (SSSR count). The van der Waals surface area contributed by atoms with Crippen LogP contribution in [0.25, 0.3) is 11.3 Å². The molecule has 1 aliphatic heterocycles. The Hall–Kier alpha value is -2.63. The van der Waals surface area contributed by atoms with E-state index in [0.717, 1.165) is 30.6 Å². The third kappa shape index (κ3) is 4.21. The van der Waals surface area contributed by atoms with E-state index in [-0.39, 0.29) is 17.7 Å². The van der Waals surface area contributed by atoms with E-state index >= 15 is 0 Å². The quantitative estimate of drug-likeness (QED) is 0.854. The Labute approximate surface area is 159 Å². The first-order valence-corrected chi connectivity index (χ1v) is 9.79. The summed E-state index contributed by atoms with van der Waals surface area (Å²) in [5.74, 6) is 0.561. The third-order valence-corrected chi connectivity index (χ3v) is 5.50. The molecule has 1 saturated carbocycles. The van der Waals surface area contributed by atoms with E-state index in [2.05, 4.69) is 15.5 Å². The second kappa shape index (κ2) is 7.55. The van der Waals surface area contributed by atoms with Crippen molar-refractivity contribution in [2.75, 3.05) is 19.6 Å². The summed E-state index contributed by atoms with van der Waals surface area (Å²) >= 11 is 0. The largest absolute Gasteiger partial charge is 0.356 e. The Morgan fingerprint density at radius 1 is 1.22 bits per heavy atom. The minimum atomic E-state index is -0.110. The molecule has 2 aromatic rings. The van der Waals surface area contributed by atoms with Crippen LogP contribution in [0.2, 0.25) is 0 Å². The Bertz CT molecular complexity index is 823. The van der Waals surface area contributed by atoms with E-state index in [1.807, 2.05) is 31.2 Å². The zero-order chi connectivity index (χ0) is 18.8. The van der Waals surface area contributed by atoms with Crippen LogP contribution < -0.4 is 5.32 Å². The van der Waals surface area contributed by atoms with Gasteiger partial charge in [-0.1, -0.05) is 29.8 Å². The maximum absolute atomic E-state index is 12.9. The highest BCUT2D eigenvalue weighted by Crippen LogP contribution is 2.28. The van der Waals surface area contributed by atoms with Crippen molar-refractivity contribution in [3.8, 4) is 11.3 Å². The highest BCUT2D eigenvalue weighted by atomic mass is 16.2. The van der Waals surface area contributed by atoms with Gasteiger partial charge in [-0.25, -0.2) is 0 Å². The minimum Gasteiger partial charge on any atom is -0.356 e. The first-order valence-electron chi connectivity index (χ1n) is 9.79. The number of benzene rings is 1. The van der Waals surface area contributed by atoms with Crippen LogP contribution in [0.15, 0.2) is 30.3 Å². The fourth-order valence-corrected chi connectivity index (χ4v) is 3.56. The average molecular weight is 366 g/mol. The van der Waals surface area contributed by atoms with Crippen LogP contribution in [0.5, 0.6) is 0 Å². The molecule has 0 bridgehead atoms. The maximum atomic E-state index is 12.9. The van der Waals surface area contributed by atoms with Crippen molar-refractivity contribution in [1.82, 2.24) is 20.4 Å². The Morgan fingerprint density at radius 2 is 2.00 bits per heavy atom. The number of carbonyl (C=O) groups is 2. The smallest absolute Gasteiger partial charge is 0.271 e. The van der Waals surface area contributed by atoms with E-state index in [4.69, 9.17) is 0 Å². The van der Waals surface area contributed by atoms with Gasteiger partial charge in [0.05, 0.1) is 11.6 Å². The number of aromatic nitrogens is 2. The van der Waals surface area contributed by atoms with Crippen molar-refractivity contribution in [2.45, 2.75) is 32.6 Å². The summed E-state index contributed by atoms with van der Waals surface area (Å²) in [5.41, 5.74) is 3.40. The van der Waals surface area contributed by atoms with E-state index in [1.54, 1.807) is 11.0 Å². The highest BCUT2D eigenvalue weighted by Gasteiger charge is 2.30. The molecule has 2 amide bonds. The SMILES string of the molecule is Cc1ccc(-c2cc(C(=O)N3CCCC(C(=O)NCC4CC4)C3)[nH]n2)cc1. The molecule has 0 radical (unpaired) electrons. The van der Waals surface area contributed by atoms with Crippen molar-refractivity contribution >= 4 is 11.8 Å². The van der Waals surface area contributed by atoms with Crippen LogP contribution in [-0.4, -0.2) is 46.5 Å². The van der Waals surface area contributed by atoms with Crippen LogP contribution in [0.1, 0.15) is 41.7 Å². The molecule has 6 nitrogen and oxygen atoms in total. The number of likely N-dealkylation sites (tertiary alicyclic amines) is 1. The summed E-state index contributed by atoms with van der Waals surface area (Å²) in [6, 6.07) is 9.85. The van der Waals surface area contributed by atoms with Gasteiger partial charge >= 0.3 is 0 Å². The standard InChI is InChI=1S/C21H26N4O2/c1-14-4-8-16(9-5-14)18-11-19(24-23-18)21(27)25-10-2-3-17(13-25)20(26)22-12-15-6-7-15/h4-5,8-9,11,15,17H,2-3,6-7,10,12-13H2,1H3,(H,22,26)(H,23,24). The summed E-state index contributed by atoms with van der Waals surface area (Å²) in [4.78, 5) is 27.0.